The minimum Gasteiger partial charge on any atom is -0.383 e. The van der Waals surface area contributed by atoms with E-state index in [-0.39, 0.29) is 0 Å². The van der Waals surface area contributed by atoms with Crippen LogP contribution in [0.15, 0.2) is 0 Å². The Kier molecular flexibility index (Phi) is 6.34. The van der Waals surface area contributed by atoms with Gasteiger partial charge in [0.15, 0.2) is 0 Å². The Labute approximate surface area is 75.7 Å². The average Bonchev–Trinajstić information content (AvgIpc) is 1.98. The van der Waals surface area contributed by atoms with Crippen LogP contribution in [0.25, 0.3) is 0 Å². The van der Waals surface area contributed by atoms with E-state index in [4.69, 9.17) is 10.5 Å². The van der Waals surface area contributed by atoms with Crippen LogP contribution in [0.1, 0.15) is 20.3 Å². The Morgan fingerprint density at radius 2 is 2.08 bits per heavy atom. The van der Waals surface area contributed by atoms with Crippen molar-refractivity contribution in [1.29, 1.82) is 0 Å². The van der Waals surface area contributed by atoms with Gasteiger partial charge in [0, 0.05) is 20.2 Å². The molecule has 0 rings (SSSR count). The molecule has 0 fully saturated rings. The minimum absolute atomic E-state index is 0.308. The van der Waals surface area contributed by atoms with E-state index in [1.54, 1.807) is 7.11 Å². The molecule has 0 radical (unpaired) electrons. The summed E-state index contributed by atoms with van der Waals surface area (Å²) in [5.74, 6) is 0. The molecule has 3 heteroatoms. The molecule has 0 heterocycles. The van der Waals surface area contributed by atoms with Gasteiger partial charge in [0.2, 0.25) is 0 Å². The fourth-order valence-corrected chi connectivity index (χ4v) is 1.08. The maximum absolute atomic E-state index is 5.49. The third-order valence-electron chi connectivity index (χ3n) is 1.91. The third-order valence-corrected chi connectivity index (χ3v) is 1.91. The Balaban J connectivity index is 3.33. The summed E-state index contributed by atoms with van der Waals surface area (Å²) in [6.45, 7) is 7.91. The molecule has 0 atom stereocenters. The number of methoxy groups -OCH3 is 1. The second-order valence-corrected chi connectivity index (χ2v) is 3.87. The van der Waals surface area contributed by atoms with Crippen molar-refractivity contribution in [3.05, 3.63) is 0 Å². The highest BCUT2D eigenvalue weighted by Gasteiger charge is 2.15. The van der Waals surface area contributed by atoms with Crippen LogP contribution < -0.4 is 11.1 Å². The van der Waals surface area contributed by atoms with E-state index < -0.39 is 0 Å². The largest absolute Gasteiger partial charge is 0.383 e. The van der Waals surface area contributed by atoms with Crippen LogP contribution in [0.4, 0.5) is 0 Å². The van der Waals surface area contributed by atoms with Gasteiger partial charge in [0.25, 0.3) is 0 Å². The Bertz CT molecular complexity index is 105. The fraction of sp³-hybridized carbons (Fsp3) is 1.00. The van der Waals surface area contributed by atoms with Gasteiger partial charge in [-0.05, 0) is 18.4 Å². The summed E-state index contributed by atoms with van der Waals surface area (Å²) >= 11 is 0. The Morgan fingerprint density at radius 1 is 1.42 bits per heavy atom. The van der Waals surface area contributed by atoms with Crippen LogP contribution >= 0.6 is 0 Å². The predicted octanol–water partition coefficient (Wildman–Crippen LogP) is 0.597. The summed E-state index contributed by atoms with van der Waals surface area (Å²) in [6, 6.07) is 0. The topological polar surface area (TPSA) is 47.3 Å². The zero-order chi connectivity index (χ0) is 9.45. The van der Waals surface area contributed by atoms with Gasteiger partial charge in [-0.15, -0.1) is 0 Å². The average molecular weight is 174 g/mol. The van der Waals surface area contributed by atoms with Gasteiger partial charge < -0.3 is 15.8 Å². The number of hydrogen-bond acceptors (Lipinski definition) is 3. The normalized spacial score (nSPS) is 12.0. The van der Waals surface area contributed by atoms with E-state index in [0.29, 0.717) is 5.41 Å². The highest BCUT2D eigenvalue weighted by molar-refractivity contribution is 4.71. The van der Waals surface area contributed by atoms with E-state index in [1.165, 1.54) is 0 Å². The Morgan fingerprint density at radius 3 is 2.58 bits per heavy atom. The smallest absolute Gasteiger partial charge is 0.0587 e. The van der Waals surface area contributed by atoms with Gasteiger partial charge in [0.05, 0.1) is 6.61 Å². The first kappa shape index (κ1) is 11.9. The monoisotopic (exact) mass is 174 g/mol. The van der Waals surface area contributed by atoms with Crippen LogP contribution in [0, 0.1) is 5.41 Å². The fourth-order valence-electron chi connectivity index (χ4n) is 1.08. The van der Waals surface area contributed by atoms with E-state index in [1.807, 2.05) is 0 Å². The minimum atomic E-state index is 0.308. The standard InChI is InChI=1S/C9H22N2O/c1-9(2,4-5-10)8-11-6-7-12-3/h11H,4-8,10H2,1-3H3. The lowest BCUT2D eigenvalue weighted by Crippen LogP contribution is -2.33. The highest BCUT2D eigenvalue weighted by Crippen LogP contribution is 2.17. The van der Waals surface area contributed by atoms with E-state index in [0.717, 1.165) is 32.7 Å². The first-order chi connectivity index (χ1) is 5.62. The number of hydrogen-bond donors (Lipinski definition) is 2. The molecule has 3 N–H and O–H groups in total. The van der Waals surface area contributed by atoms with Crippen molar-refractivity contribution in [2.24, 2.45) is 11.1 Å². The second kappa shape index (κ2) is 6.40. The summed E-state index contributed by atoms with van der Waals surface area (Å²) < 4.78 is 4.93. The molecule has 74 valence electrons. The molecule has 0 spiro atoms. The van der Waals surface area contributed by atoms with Crippen LogP contribution in [0.3, 0.4) is 0 Å². The molecular weight excluding hydrogens is 152 g/mol. The van der Waals surface area contributed by atoms with Gasteiger partial charge in [-0.25, -0.2) is 0 Å². The maximum atomic E-state index is 5.49. The maximum Gasteiger partial charge on any atom is 0.0587 e. The molecule has 0 aromatic heterocycles. The lowest BCUT2D eigenvalue weighted by Gasteiger charge is -2.24. The lowest BCUT2D eigenvalue weighted by atomic mass is 9.89. The zero-order valence-corrected chi connectivity index (χ0v) is 8.52. The van der Waals surface area contributed by atoms with Gasteiger partial charge in [0.1, 0.15) is 0 Å². The van der Waals surface area contributed by atoms with Crippen molar-refractivity contribution in [2.45, 2.75) is 20.3 Å². The molecule has 0 aromatic rings. The molecule has 3 nitrogen and oxygen atoms in total. The van der Waals surface area contributed by atoms with Crippen molar-refractivity contribution < 1.29 is 4.74 Å². The van der Waals surface area contributed by atoms with Crippen LogP contribution in [0.2, 0.25) is 0 Å². The molecule has 0 aliphatic heterocycles. The second-order valence-electron chi connectivity index (χ2n) is 3.87. The lowest BCUT2D eigenvalue weighted by molar-refractivity contribution is 0.193. The number of ether oxygens (including phenoxy) is 1. The predicted molar refractivity (Wildman–Crippen MR) is 52.2 cm³/mol. The van der Waals surface area contributed by atoms with Gasteiger partial charge >= 0.3 is 0 Å². The molecular formula is C9H22N2O. The summed E-state index contributed by atoms with van der Waals surface area (Å²) in [6.07, 6.45) is 1.06. The van der Waals surface area contributed by atoms with Gasteiger partial charge in [-0.2, -0.15) is 0 Å². The van der Waals surface area contributed by atoms with Gasteiger partial charge in [-0.1, -0.05) is 13.8 Å². The Hall–Kier alpha value is -0.120. The third kappa shape index (κ3) is 6.58. The zero-order valence-electron chi connectivity index (χ0n) is 8.52. The molecule has 12 heavy (non-hydrogen) atoms. The molecule has 0 saturated heterocycles. The molecule has 0 aromatic carbocycles. The number of nitrogens with one attached hydrogen (secondary N) is 1. The SMILES string of the molecule is COCCNCC(C)(C)CCN. The number of rotatable bonds is 7. The molecule has 0 bridgehead atoms. The van der Waals surface area contributed by atoms with Crippen LogP contribution in [0.5, 0.6) is 0 Å². The first-order valence-electron chi connectivity index (χ1n) is 4.52. The van der Waals surface area contributed by atoms with E-state index >= 15 is 0 Å². The number of nitrogens with two attached hydrogens (primary N) is 1. The van der Waals surface area contributed by atoms with E-state index in [9.17, 15) is 0 Å². The highest BCUT2D eigenvalue weighted by atomic mass is 16.5. The first-order valence-corrected chi connectivity index (χ1v) is 4.52. The summed E-state index contributed by atoms with van der Waals surface area (Å²) in [5.41, 5.74) is 5.80. The van der Waals surface area contributed by atoms with Crippen molar-refractivity contribution in [2.75, 3.05) is 33.4 Å². The van der Waals surface area contributed by atoms with Crippen molar-refractivity contribution in [1.82, 2.24) is 5.32 Å². The van der Waals surface area contributed by atoms with Crippen molar-refractivity contribution in [3.8, 4) is 0 Å². The molecule has 0 saturated carbocycles. The quantitative estimate of drug-likeness (QED) is 0.556. The van der Waals surface area contributed by atoms with E-state index in [2.05, 4.69) is 19.2 Å². The van der Waals surface area contributed by atoms with Crippen LogP contribution in [-0.4, -0.2) is 33.4 Å². The summed E-state index contributed by atoms with van der Waals surface area (Å²) in [4.78, 5) is 0. The molecule has 0 amide bonds. The van der Waals surface area contributed by atoms with Gasteiger partial charge in [-0.3, -0.25) is 0 Å². The van der Waals surface area contributed by atoms with Crippen molar-refractivity contribution >= 4 is 0 Å². The molecule has 0 aliphatic rings. The van der Waals surface area contributed by atoms with Crippen LogP contribution in [-0.2, 0) is 4.74 Å². The van der Waals surface area contributed by atoms with Crippen molar-refractivity contribution in [3.63, 3.8) is 0 Å². The molecule has 0 unspecified atom stereocenters. The summed E-state index contributed by atoms with van der Waals surface area (Å²) in [7, 11) is 1.71. The summed E-state index contributed by atoms with van der Waals surface area (Å²) in [5, 5.41) is 3.33. The molecule has 0 aliphatic carbocycles.